The standard InChI is InChI=1S/C15H20N2O/c1-12(18-14-6-4-3-5-7-14)10-15(2,11-16)17-13-8-9-13/h3-7,12-13,17H,8-10H2,1-2H3. The SMILES string of the molecule is CC(CC(C)(C#N)NC1CC1)Oc1ccccc1. The average Bonchev–Trinajstić information content (AvgIpc) is 3.13. The molecule has 0 heterocycles. The second-order valence-corrected chi connectivity index (χ2v) is 5.31. The predicted octanol–water partition coefficient (Wildman–Crippen LogP) is 2.88. The number of ether oxygens (including phenoxy) is 1. The minimum atomic E-state index is -0.491. The topological polar surface area (TPSA) is 45.0 Å². The van der Waals surface area contributed by atoms with Crippen molar-refractivity contribution in [1.29, 1.82) is 5.26 Å². The van der Waals surface area contributed by atoms with Crippen LogP contribution in [0.3, 0.4) is 0 Å². The van der Waals surface area contributed by atoms with Gasteiger partial charge in [0.2, 0.25) is 0 Å². The van der Waals surface area contributed by atoms with Gasteiger partial charge in [0.15, 0.2) is 0 Å². The summed E-state index contributed by atoms with van der Waals surface area (Å²) in [6.07, 6.45) is 3.08. The Hall–Kier alpha value is -1.53. The summed E-state index contributed by atoms with van der Waals surface area (Å²) in [6.45, 7) is 3.97. The number of hydrogen-bond donors (Lipinski definition) is 1. The minimum absolute atomic E-state index is 0.0169. The lowest BCUT2D eigenvalue weighted by molar-refractivity contribution is 0.179. The molecule has 0 saturated heterocycles. The van der Waals surface area contributed by atoms with Gasteiger partial charge in [0.25, 0.3) is 0 Å². The Morgan fingerprint density at radius 3 is 2.67 bits per heavy atom. The van der Waals surface area contributed by atoms with E-state index in [0.29, 0.717) is 12.5 Å². The van der Waals surface area contributed by atoms with E-state index in [9.17, 15) is 5.26 Å². The van der Waals surface area contributed by atoms with Crippen molar-refractivity contribution >= 4 is 0 Å². The molecule has 0 aliphatic heterocycles. The van der Waals surface area contributed by atoms with E-state index >= 15 is 0 Å². The summed E-state index contributed by atoms with van der Waals surface area (Å²) < 4.78 is 5.82. The van der Waals surface area contributed by atoms with Crippen LogP contribution in [-0.4, -0.2) is 17.7 Å². The summed E-state index contributed by atoms with van der Waals surface area (Å²) in [7, 11) is 0. The van der Waals surface area contributed by atoms with Crippen molar-refractivity contribution in [3.8, 4) is 11.8 Å². The van der Waals surface area contributed by atoms with Crippen LogP contribution in [0.1, 0.15) is 33.1 Å². The van der Waals surface area contributed by atoms with Crippen LogP contribution in [0.4, 0.5) is 0 Å². The molecule has 0 aromatic heterocycles. The van der Waals surface area contributed by atoms with Crippen molar-refractivity contribution in [3.63, 3.8) is 0 Å². The molecule has 2 rings (SSSR count). The Balaban J connectivity index is 1.89. The van der Waals surface area contributed by atoms with Gasteiger partial charge in [-0.1, -0.05) is 18.2 Å². The summed E-state index contributed by atoms with van der Waals surface area (Å²) in [4.78, 5) is 0. The second-order valence-electron chi connectivity index (χ2n) is 5.31. The number of nitrogens with zero attached hydrogens (tertiary/aromatic N) is 1. The fraction of sp³-hybridized carbons (Fsp3) is 0.533. The fourth-order valence-electron chi connectivity index (χ4n) is 2.16. The van der Waals surface area contributed by atoms with Crippen molar-refractivity contribution < 1.29 is 4.74 Å². The Bertz CT molecular complexity index is 422. The molecule has 1 aliphatic rings. The van der Waals surface area contributed by atoms with Gasteiger partial charge in [-0.3, -0.25) is 5.32 Å². The first kappa shape index (κ1) is 12.9. The van der Waals surface area contributed by atoms with Crippen LogP contribution >= 0.6 is 0 Å². The molecule has 2 unspecified atom stereocenters. The normalized spacial score (nSPS) is 19.6. The van der Waals surface area contributed by atoms with Gasteiger partial charge in [-0.25, -0.2) is 0 Å². The van der Waals surface area contributed by atoms with E-state index in [1.54, 1.807) is 0 Å². The third-order valence-corrected chi connectivity index (χ3v) is 3.12. The molecule has 1 fully saturated rings. The third-order valence-electron chi connectivity index (χ3n) is 3.12. The van der Waals surface area contributed by atoms with Gasteiger partial charge in [0, 0.05) is 12.5 Å². The molecule has 1 aromatic carbocycles. The van der Waals surface area contributed by atoms with Crippen LogP contribution in [0, 0.1) is 11.3 Å². The van der Waals surface area contributed by atoms with Crippen molar-refractivity contribution in [1.82, 2.24) is 5.32 Å². The van der Waals surface area contributed by atoms with Gasteiger partial charge in [0.05, 0.1) is 12.2 Å². The first-order chi connectivity index (χ1) is 8.61. The van der Waals surface area contributed by atoms with Gasteiger partial charge < -0.3 is 4.74 Å². The fourth-order valence-corrected chi connectivity index (χ4v) is 2.16. The van der Waals surface area contributed by atoms with Gasteiger partial charge in [0.1, 0.15) is 11.3 Å². The van der Waals surface area contributed by atoms with Crippen molar-refractivity contribution in [2.75, 3.05) is 0 Å². The van der Waals surface area contributed by atoms with E-state index in [-0.39, 0.29) is 6.10 Å². The molecule has 96 valence electrons. The van der Waals surface area contributed by atoms with Gasteiger partial charge in [-0.05, 0) is 38.8 Å². The van der Waals surface area contributed by atoms with E-state index in [1.807, 2.05) is 44.2 Å². The summed E-state index contributed by atoms with van der Waals surface area (Å²) in [5.74, 6) is 0.858. The molecule has 1 N–H and O–H groups in total. The van der Waals surface area contributed by atoms with E-state index < -0.39 is 5.54 Å². The molecule has 18 heavy (non-hydrogen) atoms. The van der Waals surface area contributed by atoms with E-state index in [1.165, 1.54) is 12.8 Å². The maximum absolute atomic E-state index is 9.31. The van der Waals surface area contributed by atoms with Crippen LogP contribution in [0.15, 0.2) is 30.3 Å². The molecule has 3 heteroatoms. The van der Waals surface area contributed by atoms with Crippen LogP contribution in [0.25, 0.3) is 0 Å². The Kier molecular flexibility index (Phi) is 3.88. The first-order valence-electron chi connectivity index (χ1n) is 6.52. The van der Waals surface area contributed by atoms with Gasteiger partial charge >= 0.3 is 0 Å². The number of nitrogens with one attached hydrogen (secondary N) is 1. The quantitative estimate of drug-likeness (QED) is 0.837. The largest absolute Gasteiger partial charge is 0.491 e. The predicted molar refractivity (Wildman–Crippen MR) is 71.3 cm³/mol. The number of rotatable bonds is 6. The van der Waals surface area contributed by atoms with Gasteiger partial charge in [-0.2, -0.15) is 5.26 Å². The lowest BCUT2D eigenvalue weighted by Crippen LogP contribution is -2.45. The van der Waals surface area contributed by atoms with E-state index in [2.05, 4.69) is 11.4 Å². The molecule has 1 aromatic rings. The van der Waals surface area contributed by atoms with E-state index in [0.717, 1.165) is 5.75 Å². The maximum Gasteiger partial charge on any atom is 0.119 e. The van der Waals surface area contributed by atoms with Crippen molar-refractivity contribution in [3.05, 3.63) is 30.3 Å². The lowest BCUT2D eigenvalue weighted by Gasteiger charge is -2.27. The monoisotopic (exact) mass is 244 g/mol. The molecule has 1 aliphatic carbocycles. The smallest absolute Gasteiger partial charge is 0.119 e. The zero-order valence-electron chi connectivity index (χ0n) is 11.0. The minimum Gasteiger partial charge on any atom is -0.491 e. The molecule has 0 bridgehead atoms. The zero-order chi connectivity index (χ0) is 13.0. The summed E-state index contributed by atoms with van der Waals surface area (Å²) in [5.41, 5.74) is -0.491. The zero-order valence-corrected chi connectivity index (χ0v) is 11.0. The lowest BCUT2D eigenvalue weighted by atomic mass is 9.96. The van der Waals surface area contributed by atoms with Crippen LogP contribution in [-0.2, 0) is 0 Å². The van der Waals surface area contributed by atoms with E-state index in [4.69, 9.17) is 4.74 Å². The second kappa shape index (κ2) is 5.41. The Labute approximate surface area is 109 Å². The highest BCUT2D eigenvalue weighted by Crippen LogP contribution is 2.25. The van der Waals surface area contributed by atoms with Crippen LogP contribution in [0.5, 0.6) is 5.75 Å². The van der Waals surface area contributed by atoms with Crippen molar-refractivity contribution in [2.24, 2.45) is 0 Å². The molecular weight excluding hydrogens is 224 g/mol. The summed E-state index contributed by atoms with van der Waals surface area (Å²) >= 11 is 0. The molecule has 3 nitrogen and oxygen atoms in total. The average molecular weight is 244 g/mol. The highest BCUT2D eigenvalue weighted by atomic mass is 16.5. The third kappa shape index (κ3) is 3.75. The Morgan fingerprint density at radius 1 is 1.44 bits per heavy atom. The highest BCUT2D eigenvalue weighted by molar-refractivity contribution is 5.21. The van der Waals surface area contributed by atoms with Crippen LogP contribution < -0.4 is 10.1 Å². The molecule has 0 radical (unpaired) electrons. The molecule has 2 atom stereocenters. The maximum atomic E-state index is 9.31. The van der Waals surface area contributed by atoms with Crippen LogP contribution in [0.2, 0.25) is 0 Å². The summed E-state index contributed by atoms with van der Waals surface area (Å²) in [6, 6.07) is 12.6. The first-order valence-corrected chi connectivity index (χ1v) is 6.52. The summed E-state index contributed by atoms with van der Waals surface area (Å²) in [5, 5.41) is 12.7. The number of nitriles is 1. The Morgan fingerprint density at radius 2 is 2.11 bits per heavy atom. The molecule has 0 amide bonds. The number of benzene rings is 1. The number of para-hydroxylation sites is 1. The van der Waals surface area contributed by atoms with Gasteiger partial charge in [-0.15, -0.1) is 0 Å². The molecule has 1 saturated carbocycles. The molecular formula is C15H20N2O. The number of hydrogen-bond acceptors (Lipinski definition) is 3. The van der Waals surface area contributed by atoms with Crippen molar-refractivity contribution in [2.45, 2.75) is 50.8 Å². The molecule has 0 spiro atoms. The highest BCUT2D eigenvalue weighted by Gasteiger charge is 2.34.